The van der Waals surface area contributed by atoms with E-state index in [1.165, 1.54) is 19.4 Å². The summed E-state index contributed by atoms with van der Waals surface area (Å²) in [5.74, 6) is -0.125. The van der Waals surface area contributed by atoms with Crippen molar-refractivity contribution in [3.63, 3.8) is 0 Å². The SMILES string of the molecule is CO/N=C/c1nc(C(C)C)ccc1F. The highest BCUT2D eigenvalue weighted by atomic mass is 19.1. The molecular weight excluding hydrogens is 183 g/mol. The fourth-order valence-corrected chi connectivity index (χ4v) is 0.988. The third-order valence-corrected chi connectivity index (χ3v) is 1.77. The van der Waals surface area contributed by atoms with Gasteiger partial charge < -0.3 is 4.84 Å². The number of hydrogen-bond donors (Lipinski definition) is 0. The minimum atomic E-state index is -0.393. The minimum Gasteiger partial charge on any atom is -0.399 e. The van der Waals surface area contributed by atoms with Crippen LogP contribution in [0.25, 0.3) is 0 Å². The second kappa shape index (κ2) is 4.69. The van der Waals surface area contributed by atoms with E-state index in [0.29, 0.717) is 0 Å². The van der Waals surface area contributed by atoms with Crippen molar-refractivity contribution in [2.75, 3.05) is 7.11 Å². The molecule has 0 aliphatic heterocycles. The lowest BCUT2D eigenvalue weighted by molar-refractivity contribution is 0.215. The molecule has 0 spiro atoms. The van der Waals surface area contributed by atoms with Gasteiger partial charge in [0.25, 0.3) is 0 Å². The van der Waals surface area contributed by atoms with Gasteiger partial charge in [-0.05, 0) is 18.1 Å². The minimum absolute atomic E-state index is 0.207. The second-order valence-corrected chi connectivity index (χ2v) is 3.17. The van der Waals surface area contributed by atoms with E-state index in [0.717, 1.165) is 5.69 Å². The number of nitrogens with zero attached hydrogens (tertiary/aromatic N) is 2. The Morgan fingerprint density at radius 3 is 2.79 bits per heavy atom. The van der Waals surface area contributed by atoms with Crippen molar-refractivity contribution >= 4 is 6.21 Å². The molecule has 0 N–H and O–H groups in total. The summed E-state index contributed by atoms with van der Waals surface area (Å²) in [5, 5.41) is 3.48. The summed E-state index contributed by atoms with van der Waals surface area (Å²) < 4.78 is 13.1. The van der Waals surface area contributed by atoms with Crippen molar-refractivity contribution in [2.45, 2.75) is 19.8 Å². The van der Waals surface area contributed by atoms with Crippen LogP contribution in [0.15, 0.2) is 17.3 Å². The highest BCUT2D eigenvalue weighted by Crippen LogP contribution is 2.13. The Morgan fingerprint density at radius 1 is 1.50 bits per heavy atom. The lowest BCUT2D eigenvalue weighted by Crippen LogP contribution is -2.00. The van der Waals surface area contributed by atoms with E-state index >= 15 is 0 Å². The van der Waals surface area contributed by atoms with Gasteiger partial charge in [-0.3, -0.25) is 0 Å². The lowest BCUT2D eigenvalue weighted by Gasteiger charge is -2.04. The molecule has 0 amide bonds. The monoisotopic (exact) mass is 196 g/mol. The summed E-state index contributed by atoms with van der Waals surface area (Å²) in [6.07, 6.45) is 1.27. The summed E-state index contributed by atoms with van der Waals surface area (Å²) in [4.78, 5) is 8.57. The maximum Gasteiger partial charge on any atom is 0.150 e. The molecule has 76 valence electrons. The van der Waals surface area contributed by atoms with Crippen molar-refractivity contribution in [2.24, 2.45) is 5.16 Å². The van der Waals surface area contributed by atoms with Gasteiger partial charge in [-0.2, -0.15) is 0 Å². The topological polar surface area (TPSA) is 34.5 Å². The van der Waals surface area contributed by atoms with Gasteiger partial charge in [0.1, 0.15) is 12.8 Å². The molecule has 0 atom stereocenters. The standard InChI is InChI=1S/C10H13FN2O/c1-7(2)9-5-4-8(11)10(13-9)6-12-14-3/h4-7H,1-3H3/b12-6+. The number of rotatable bonds is 3. The molecule has 0 unspecified atom stereocenters. The Balaban J connectivity index is 3.02. The molecule has 1 aromatic rings. The largest absolute Gasteiger partial charge is 0.399 e. The van der Waals surface area contributed by atoms with Crippen LogP contribution in [0.4, 0.5) is 4.39 Å². The molecule has 0 radical (unpaired) electrons. The van der Waals surface area contributed by atoms with Gasteiger partial charge in [0.2, 0.25) is 0 Å². The van der Waals surface area contributed by atoms with E-state index in [2.05, 4.69) is 15.0 Å². The summed E-state index contributed by atoms with van der Waals surface area (Å²) in [6, 6.07) is 3.06. The zero-order valence-electron chi connectivity index (χ0n) is 8.49. The zero-order valence-corrected chi connectivity index (χ0v) is 8.49. The van der Waals surface area contributed by atoms with E-state index < -0.39 is 5.82 Å². The van der Waals surface area contributed by atoms with E-state index in [1.807, 2.05) is 13.8 Å². The van der Waals surface area contributed by atoms with Crippen molar-refractivity contribution in [1.82, 2.24) is 4.98 Å². The highest BCUT2D eigenvalue weighted by molar-refractivity contribution is 5.76. The van der Waals surface area contributed by atoms with Crippen molar-refractivity contribution in [3.8, 4) is 0 Å². The quantitative estimate of drug-likeness (QED) is 0.549. The first-order valence-electron chi connectivity index (χ1n) is 4.38. The molecule has 3 nitrogen and oxygen atoms in total. The Kier molecular flexibility index (Phi) is 3.56. The van der Waals surface area contributed by atoms with Crippen LogP contribution in [-0.2, 0) is 4.84 Å². The van der Waals surface area contributed by atoms with Crippen molar-refractivity contribution in [1.29, 1.82) is 0 Å². The van der Waals surface area contributed by atoms with Gasteiger partial charge in [0, 0.05) is 5.69 Å². The Labute approximate surface area is 82.6 Å². The normalized spacial score (nSPS) is 11.2. The molecule has 0 saturated carbocycles. The molecule has 14 heavy (non-hydrogen) atoms. The number of pyridine rings is 1. The summed E-state index contributed by atoms with van der Waals surface area (Å²) in [5.41, 5.74) is 1.04. The molecule has 4 heteroatoms. The Bertz CT molecular complexity index is 337. The van der Waals surface area contributed by atoms with E-state index in [-0.39, 0.29) is 11.6 Å². The third-order valence-electron chi connectivity index (χ3n) is 1.77. The maximum absolute atomic E-state index is 13.1. The predicted octanol–water partition coefficient (Wildman–Crippen LogP) is 2.32. The highest BCUT2D eigenvalue weighted by Gasteiger charge is 2.05. The summed E-state index contributed by atoms with van der Waals surface area (Å²) >= 11 is 0. The summed E-state index contributed by atoms with van der Waals surface area (Å²) in [6.45, 7) is 4.00. The fraction of sp³-hybridized carbons (Fsp3) is 0.400. The van der Waals surface area contributed by atoms with Crippen LogP contribution in [0, 0.1) is 5.82 Å². The number of oxime groups is 1. The second-order valence-electron chi connectivity index (χ2n) is 3.17. The van der Waals surface area contributed by atoms with Gasteiger partial charge in [0.15, 0.2) is 5.82 Å². The van der Waals surface area contributed by atoms with Crippen LogP contribution in [-0.4, -0.2) is 18.3 Å². The first-order valence-corrected chi connectivity index (χ1v) is 4.38. The molecule has 1 heterocycles. The molecule has 0 aliphatic rings. The molecule has 1 rings (SSSR count). The molecule has 0 aromatic carbocycles. The van der Waals surface area contributed by atoms with Crippen LogP contribution in [0.3, 0.4) is 0 Å². The van der Waals surface area contributed by atoms with Gasteiger partial charge >= 0.3 is 0 Å². The third kappa shape index (κ3) is 2.52. The number of aromatic nitrogens is 1. The average molecular weight is 196 g/mol. The Morgan fingerprint density at radius 2 is 2.21 bits per heavy atom. The van der Waals surface area contributed by atoms with Gasteiger partial charge in [-0.1, -0.05) is 19.0 Å². The van der Waals surface area contributed by atoms with E-state index in [9.17, 15) is 4.39 Å². The maximum atomic E-state index is 13.1. The van der Waals surface area contributed by atoms with Gasteiger partial charge in [-0.15, -0.1) is 0 Å². The van der Waals surface area contributed by atoms with E-state index in [4.69, 9.17) is 0 Å². The van der Waals surface area contributed by atoms with Crippen molar-refractivity contribution in [3.05, 3.63) is 29.3 Å². The fourth-order valence-electron chi connectivity index (χ4n) is 0.988. The average Bonchev–Trinajstić information content (AvgIpc) is 2.16. The molecule has 1 aromatic heterocycles. The first kappa shape index (κ1) is 10.6. The number of hydrogen-bond acceptors (Lipinski definition) is 3. The number of halogens is 1. The van der Waals surface area contributed by atoms with Crippen molar-refractivity contribution < 1.29 is 9.23 Å². The predicted molar refractivity (Wildman–Crippen MR) is 52.9 cm³/mol. The van der Waals surface area contributed by atoms with Crippen LogP contribution in [0.1, 0.15) is 31.2 Å². The van der Waals surface area contributed by atoms with Crippen LogP contribution >= 0.6 is 0 Å². The van der Waals surface area contributed by atoms with Gasteiger partial charge in [-0.25, -0.2) is 9.37 Å². The van der Waals surface area contributed by atoms with Crippen LogP contribution < -0.4 is 0 Å². The van der Waals surface area contributed by atoms with E-state index in [1.54, 1.807) is 6.07 Å². The van der Waals surface area contributed by atoms with Crippen LogP contribution in [0.2, 0.25) is 0 Å². The summed E-state index contributed by atoms with van der Waals surface area (Å²) in [7, 11) is 1.40. The molecular formula is C10H13FN2O. The Hall–Kier alpha value is -1.45. The molecule has 0 fully saturated rings. The van der Waals surface area contributed by atoms with Crippen LogP contribution in [0.5, 0.6) is 0 Å². The molecule has 0 aliphatic carbocycles. The molecule has 0 bridgehead atoms. The smallest absolute Gasteiger partial charge is 0.150 e. The first-order chi connectivity index (χ1) is 6.65. The van der Waals surface area contributed by atoms with Gasteiger partial charge in [0.05, 0.1) is 6.21 Å². The molecule has 0 saturated heterocycles. The lowest BCUT2D eigenvalue weighted by atomic mass is 10.1. The zero-order chi connectivity index (χ0) is 10.6.